The van der Waals surface area contributed by atoms with Gasteiger partial charge in [0.2, 0.25) is 0 Å². The van der Waals surface area contributed by atoms with Crippen LogP contribution in [0.15, 0.2) is 36.4 Å². The van der Waals surface area contributed by atoms with E-state index in [1.54, 1.807) is 12.1 Å². The van der Waals surface area contributed by atoms with E-state index in [1.165, 1.54) is 6.07 Å². The van der Waals surface area contributed by atoms with E-state index in [2.05, 4.69) is 0 Å². The van der Waals surface area contributed by atoms with Crippen LogP contribution in [0.5, 0.6) is 11.5 Å². The van der Waals surface area contributed by atoms with Crippen LogP contribution in [0.3, 0.4) is 0 Å². The van der Waals surface area contributed by atoms with E-state index < -0.39 is 0 Å². The number of hydrogen-bond acceptors (Lipinski definition) is 2. The predicted octanol–water partition coefficient (Wildman–Crippen LogP) is 3.69. The van der Waals surface area contributed by atoms with E-state index in [9.17, 15) is 4.39 Å². The number of nitrogens with two attached hydrogens (primary N) is 1. The molecule has 2 N–H and O–H groups in total. The van der Waals surface area contributed by atoms with Gasteiger partial charge in [-0.05, 0) is 43.2 Å². The van der Waals surface area contributed by atoms with E-state index in [0.717, 1.165) is 16.9 Å². The molecule has 0 aromatic heterocycles. The molecule has 18 heavy (non-hydrogen) atoms. The zero-order valence-electron chi connectivity index (χ0n) is 10.5. The summed E-state index contributed by atoms with van der Waals surface area (Å²) >= 11 is 0. The van der Waals surface area contributed by atoms with Crippen LogP contribution in [0.25, 0.3) is 0 Å². The first-order valence-corrected chi connectivity index (χ1v) is 5.84. The minimum absolute atomic E-state index is 0.118. The van der Waals surface area contributed by atoms with Gasteiger partial charge < -0.3 is 10.5 Å². The summed E-state index contributed by atoms with van der Waals surface area (Å²) in [4.78, 5) is 0. The minimum Gasteiger partial charge on any atom is -0.457 e. The molecule has 0 saturated heterocycles. The third-order valence-electron chi connectivity index (χ3n) is 2.84. The van der Waals surface area contributed by atoms with E-state index >= 15 is 0 Å². The summed E-state index contributed by atoms with van der Waals surface area (Å²) in [5.74, 6) is 0.877. The highest BCUT2D eigenvalue weighted by Gasteiger charge is 2.10. The second-order valence-corrected chi connectivity index (χ2v) is 4.29. The normalized spacial score (nSPS) is 10.4. The minimum atomic E-state index is -0.333. The first-order valence-electron chi connectivity index (χ1n) is 5.84. The molecule has 0 aliphatic heterocycles. The first-order chi connectivity index (χ1) is 8.61. The molecular formula is C15H16FNO. The van der Waals surface area contributed by atoms with Gasteiger partial charge in [0, 0.05) is 12.1 Å². The average Bonchev–Trinajstić information content (AvgIpc) is 2.34. The molecule has 0 saturated carbocycles. The molecule has 0 atom stereocenters. The topological polar surface area (TPSA) is 35.2 Å². The number of halogens is 1. The highest BCUT2D eigenvalue weighted by atomic mass is 19.1. The molecular weight excluding hydrogens is 229 g/mol. The molecule has 0 fully saturated rings. The summed E-state index contributed by atoms with van der Waals surface area (Å²) in [6.07, 6.45) is 0. The lowest BCUT2D eigenvalue weighted by Crippen LogP contribution is -2.03. The fourth-order valence-electron chi connectivity index (χ4n) is 1.77. The molecule has 2 aromatic rings. The van der Waals surface area contributed by atoms with E-state index in [4.69, 9.17) is 10.5 Å². The van der Waals surface area contributed by atoms with Gasteiger partial charge in [-0.3, -0.25) is 0 Å². The summed E-state index contributed by atoms with van der Waals surface area (Å²) < 4.78 is 19.3. The van der Waals surface area contributed by atoms with Crippen LogP contribution in [0.4, 0.5) is 4.39 Å². The lowest BCUT2D eigenvalue weighted by molar-refractivity contribution is 0.464. The van der Waals surface area contributed by atoms with Gasteiger partial charge in [-0.15, -0.1) is 0 Å². The number of benzene rings is 2. The number of hydrogen-bond donors (Lipinski definition) is 1. The van der Waals surface area contributed by atoms with Crippen molar-refractivity contribution in [1.29, 1.82) is 0 Å². The van der Waals surface area contributed by atoms with E-state index in [0.29, 0.717) is 11.3 Å². The molecule has 0 spiro atoms. The predicted molar refractivity (Wildman–Crippen MR) is 70.3 cm³/mol. The highest BCUT2D eigenvalue weighted by molar-refractivity contribution is 5.43. The Morgan fingerprint density at radius 1 is 1.11 bits per heavy atom. The Morgan fingerprint density at radius 2 is 1.89 bits per heavy atom. The number of ether oxygens (including phenoxy) is 1. The molecule has 0 amide bonds. The second kappa shape index (κ2) is 5.19. The van der Waals surface area contributed by atoms with Crippen LogP contribution < -0.4 is 10.5 Å². The summed E-state index contributed by atoms with van der Waals surface area (Å²) in [6.45, 7) is 4.06. The molecule has 0 radical (unpaired) electrons. The van der Waals surface area contributed by atoms with Crippen LogP contribution >= 0.6 is 0 Å². The molecule has 0 unspecified atom stereocenters. The van der Waals surface area contributed by atoms with Crippen molar-refractivity contribution in [2.24, 2.45) is 5.73 Å². The number of rotatable bonds is 3. The van der Waals surface area contributed by atoms with Crippen molar-refractivity contribution in [3.63, 3.8) is 0 Å². The Labute approximate surface area is 106 Å². The van der Waals surface area contributed by atoms with Gasteiger partial charge in [0.1, 0.15) is 17.3 Å². The lowest BCUT2D eigenvalue weighted by atomic mass is 10.1. The maximum atomic E-state index is 13.6. The van der Waals surface area contributed by atoms with Gasteiger partial charge in [-0.2, -0.15) is 0 Å². The maximum Gasteiger partial charge on any atom is 0.134 e. The quantitative estimate of drug-likeness (QED) is 0.895. The van der Waals surface area contributed by atoms with Crippen LogP contribution in [0, 0.1) is 19.7 Å². The van der Waals surface area contributed by atoms with Gasteiger partial charge in [-0.1, -0.05) is 18.2 Å². The molecule has 3 heteroatoms. The zero-order valence-corrected chi connectivity index (χ0v) is 10.5. The van der Waals surface area contributed by atoms with Crippen molar-refractivity contribution in [2.75, 3.05) is 0 Å². The third-order valence-corrected chi connectivity index (χ3v) is 2.84. The Morgan fingerprint density at radius 3 is 2.61 bits per heavy atom. The van der Waals surface area contributed by atoms with Gasteiger partial charge in [0.05, 0.1) is 0 Å². The highest BCUT2D eigenvalue weighted by Crippen LogP contribution is 2.29. The maximum absolute atomic E-state index is 13.6. The summed E-state index contributed by atoms with van der Waals surface area (Å²) in [6, 6.07) is 10.7. The molecule has 2 nitrogen and oxygen atoms in total. The zero-order chi connectivity index (χ0) is 13.1. The van der Waals surface area contributed by atoms with Crippen LogP contribution in [-0.2, 0) is 6.54 Å². The van der Waals surface area contributed by atoms with E-state index in [1.807, 2.05) is 32.0 Å². The fourth-order valence-corrected chi connectivity index (χ4v) is 1.77. The summed E-state index contributed by atoms with van der Waals surface area (Å²) in [7, 11) is 0. The monoisotopic (exact) mass is 245 g/mol. The van der Waals surface area contributed by atoms with Crippen molar-refractivity contribution in [2.45, 2.75) is 20.4 Å². The van der Waals surface area contributed by atoms with Crippen molar-refractivity contribution in [3.8, 4) is 11.5 Å². The Bertz CT molecular complexity index is 566. The SMILES string of the molecule is Cc1ccc(C)c(Oc2cccc(F)c2CN)c1. The smallest absolute Gasteiger partial charge is 0.134 e. The van der Waals surface area contributed by atoms with Crippen molar-refractivity contribution < 1.29 is 9.13 Å². The Kier molecular flexibility index (Phi) is 3.63. The Balaban J connectivity index is 2.40. The lowest BCUT2D eigenvalue weighted by Gasteiger charge is -2.13. The third kappa shape index (κ3) is 2.51. The van der Waals surface area contributed by atoms with Gasteiger partial charge in [-0.25, -0.2) is 4.39 Å². The van der Waals surface area contributed by atoms with Crippen molar-refractivity contribution in [1.82, 2.24) is 0 Å². The van der Waals surface area contributed by atoms with Crippen LogP contribution in [-0.4, -0.2) is 0 Å². The molecule has 2 rings (SSSR count). The molecule has 0 aliphatic rings. The molecule has 2 aromatic carbocycles. The summed E-state index contributed by atoms with van der Waals surface area (Å²) in [5.41, 5.74) is 8.06. The second-order valence-electron chi connectivity index (χ2n) is 4.29. The van der Waals surface area contributed by atoms with E-state index in [-0.39, 0.29) is 12.4 Å². The van der Waals surface area contributed by atoms with Crippen molar-refractivity contribution in [3.05, 3.63) is 58.9 Å². The largest absolute Gasteiger partial charge is 0.457 e. The van der Waals surface area contributed by atoms with Crippen LogP contribution in [0.1, 0.15) is 16.7 Å². The summed E-state index contributed by atoms with van der Waals surface area (Å²) in [5, 5.41) is 0. The van der Waals surface area contributed by atoms with Gasteiger partial charge in [0.25, 0.3) is 0 Å². The standard InChI is InChI=1S/C15H16FNO/c1-10-6-7-11(2)15(8-10)18-14-5-3-4-13(16)12(14)9-17/h3-8H,9,17H2,1-2H3. The molecule has 94 valence electrons. The molecule has 0 aliphatic carbocycles. The average molecular weight is 245 g/mol. The first kappa shape index (κ1) is 12.6. The van der Waals surface area contributed by atoms with Crippen LogP contribution in [0.2, 0.25) is 0 Å². The fraction of sp³-hybridized carbons (Fsp3) is 0.200. The van der Waals surface area contributed by atoms with Gasteiger partial charge in [0.15, 0.2) is 0 Å². The van der Waals surface area contributed by atoms with Crippen molar-refractivity contribution >= 4 is 0 Å². The Hall–Kier alpha value is -1.87. The molecule has 0 heterocycles. The number of aryl methyl sites for hydroxylation is 2. The molecule has 0 bridgehead atoms. The van der Waals surface area contributed by atoms with Gasteiger partial charge >= 0.3 is 0 Å².